The van der Waals surface area contributed by atoms with E-state index in [1.54, 1.807) is 53.4 Å². The molecule has 0 saturated carbocycles. The molecular formula is C18H16N2O3S. The van der Waals surface area contributed by atoms with Crippen molar-refractivity contribution in [1.29, 1.82) is 0 Å². The monoisotopic (exact) mass is 340 g/mol. The molecule has 0 aromatic heterocycles. The van der Waals surface area contributed by atoms with Crippen LogP contribution in [0.25, 0.3) is 6.08 Å². The number of hydrogen-bond acceptors (Lipinski definition) is 5. The summed E-state index contributed by atoms with van der Waals surface area (Å²) in [6.07, 6.45) is 1.66. The number of aromatic hydroxyl groups is 2. The highest BCUT2D eigenvalue weighted by Crippen LogP contribution is 2.35. The molecule has 1 fully saturated rings. The number of rotatable bonds is 3. The standard InChI is InChI=1S/C18H16N2O3S/c1-2-20-17(23)16(10-12-6-3-4-9-15(12)22)24-18(20)19-13-7-5-8-14(21)11-13/h3-11,21-22H,2H2,1H3/b16-10-,19-18?. The lowest BCUT2D eigenvalue weighted by Crippen LogP contribution is -2.28. The Hall–Kier alpha value is -2.73. The zero-order chi connectivity index (χ0) is 17.1. The van der Waals surface area contributed by atoms with Crippen molar-refractivity contribution in [3.8, 4) is 11.5 Å². The average Bonchev–Trinajstić information content (AvgIpc) is 2.84. The van der Waals surface area contributed by atoms with Gasteiger partial charge in [-0.2, -0.15) is 0 Å². The third kappa shape index (κ3) is 3.28. The molecule has 2 aromatic carbocycles. The van der Waals surface area contributed by atoms with E-state index >= 15 is 0 Å². The Morgan fingerprint density at radius 3 is 2.67 bits per heavy atom. The van der Waals surface area contributed by atoms with E-state index in [1.807, 2.05) is 6.92 Å². The molecular weight excluding hydrogens is 324 g/mol. The van der Waals surface area contributed by atoms with Crippen molar-refractivity contribution in [3.05, 3.63) is 59.0 Å². The highest BCUT2D eigenvalue weighted by Gasteiger charge is 2.32. The number of thioether (sulfide) groups is 1. The predicted octanol–water partition coefficient (Wildman–Crippen LogP) is 3.72. The van der Waals surface area contributed by atoms with Gasteiger partial charge in [-0.3, -0.25) is 9.69 Å². The molecule has 1 amide bonds. The van der Waals surface area contributed by atoms with E-state index in [0.29, 0.717) is 27.9 Å². The molecule has 0 atom stereocenters. The Balaban J connectivity index is 1.96. The lowest BCUT2D eigenvalue weighted by molar-refractivity contribution is -0.122. The first-order valence-electron chi connectivity index (χ1n) is 7.45. The fraction of sp³-hybridized carbons (Fsp3) is 0.111. The number of amidine groups is 1. The molecule has 1 heterocycles. The Bertz CT molecular complexity index is 846. The fourth-order valence-electron chi connectivity index (χ4n) is 2.29. The zero-order valence-electron chi connectivity index (χ0n) is 13.0. The van der Waals surface area contributed by atoms with Crippen LogP contribution < -0.4 is 0 Å². The highest BCUT2D eigenvalue weighted by atomic mass is 32.2. The second-order valence-corrected chi connectivity index (χ2v) is 6.14. The second-order valence-electron chi connectivity index (χ2n) is 5.13. The van der Waals surface area contributed by atoms with Gasteiger partial charge in [0.25, 0.3) is 5.91 Å². The van der Waals surface area contributed by atoms with Crippen LogP contribution in [0.5, 0.6) is 11.5 Å². The van der Waals surface area contributed by atoms with Crippen LogP contribution in [0.1, 0.15) is 12.5 Å². The first kappa shape index (κ1) is 16.1. The van der Waals surface area contributed by atoms with Crippen LogP contribution in [0.4, 0.5) is 5.69 Å². The van der Waals surface area contributed by atoms with Crippen molar-refractivity contribution >= 4 is 34.6 Å². The molecule has 1 aliphatic heterocycles. The maximum absolute atomic E-state index is 12.5. The van der Waals surface area contributed by atoms with E-state index in [-0.39, 0.29) is 17.4 Å². The van der Waals surface area contributed by atoms with Crippen LogP contribution in [-0.4, -0.2) is 32.7 Å². The largest absolute Gasteiger partial charge is 0.508 e. The molecule has 0 unspecified atom stereocenters. The third-order valence-electron chi connectivity index (χ3n) is 3.48. The van der Waals surface area contributed by atoms with Gasteiger partial charge in [-0.25, -0.2) is 4.99 Å². The summed E-state index contributed by atoms with van der Waals surface area (Å²) in [6.45, 7) is 2.36. The van der Waals surface area contributed by atoms with E-state index in [1.165, 1.54) is 17.8 Å². The van der Waals surface area contributed by atoms with Crippen molar-refractivity contribution in [2.75, 3.05) is 6.54 Å². The molecule has 6 heteroatoms. The van der Waals surface area contributed by atoms with E-state index in [4.69, 9.17) is 0 Å². The van der Waals surface area contributed by atoms with Gasteiger partial charge < -0.3 is 10.2 Å². The fourth-order valence-corrected chi connectivity index (χ4v) is 3.35. The minimum atomic E-state index is -0.148. The summed E-state index contributed by atoms with van der Waals surface area (Å²) >= 11 is 1.25. The number of phenolic OH excluding ortho intramolecular Hbond substituents is 2. The molecule has 24 heavy (non-hydrogen) atoms. The summed E-state index contributed by atoms with van der Waals surface area (Å²) in [7, 11) is 0. The number of hydrogen-bond donors (Lipinski definition) is 2. The van der Waals surface area contributed by atoms with Crippen LogP contribution in [0.2, 0.25) is 0 Å². The summed E-state index contributed by atoms with van der Waals surface area (Å²) in [6, 6.07) is 13.4. The number of carbonyl (C=O) groups excluding carboxylic acids is 1. The van der Waals surface area contributed by atoms with E-state index in [9.17, 15) is 15.0 Å². The van der Waals surface area contributed by atoms with Crippen LogP contribution in [0.15, 0.2) is 58.4 Å². The van der Waals surface area contributed by atoms with Crippen LogP contribution >= 0.6 is 11.8 Å². The van der Waals surface area contributed by atoms with Gasteiger partial charge in [0.05, 0.1) is 10.6 Å². The van der Waals surface area contributed by atoms with Gasteiger partial charge >= 0.3 is 0 Å². The van der Waals surface area contributed by atoms with Crippen LogP contribution in [0.3, 0.4) is 0 Å². The number of likely N-dealkylation sites (N-methyl/N-ethyl adjacent to an activating group) is 1. The summed E-state index contributed by atoms with van der Waals surface area (Å²) in [4.78, 5) is 19.1. The minimum absolute atomic E-state index is 0.124. The summed E-state index contributed by atoms with van der Waals surface area (Å²) in [5.74, 6) is 0.101. The molecule has 2 aromatic rings. The Morgan fingerprint density at radius 1 is 1.17 bits per heavy atom. The van der Waals surface area contributed by atoms with E-state index < -0.39 is 0 Å². The van der Waals surface area contributed by atoms with Crippen LogP contribution in [0, 0.1) is 0 Å². The lowest BCUT2D eigenvalue weighted by Gasteiger charge is -2.12. The number of nitrogens with zero attached hydrogens (tertiary/aromatic N) is 2. The molecule has 3 rings (SSSR count). The quantitative estimate of drug-likeness (QED) is 0.835. The predicted molar refractivity (Wildman–Crippen MR) is 96.3 cm³/mol. The lowest BCUT2D eigenvalue weighted by atomic mass is 10.2. The maximum Gasteiger partial charge on any atom is 0.266 e. The van der Waals surface area contributed by atoms with Crippen molar-refractivity contribution in [2.45, 2.75) is 6.92 Å². The van der Waals surface area contributed by atoms with Gasteiger partial charge in [0, 0.05) is 18.2 Å². The Labute approximate surface area is 144 Å². The highest BCUT2D eigenvalue weighted by molar-refractivity contribution is 8.18. The summed E-state index contributed by atoms with van der Waals surface area (Å²) in [5.41, 5.74) is 1.16. The molecule has 122 valence electrons. The molecule has 5 nitrogen and oxygen atoms in total. The molecule has 0 aliphatic carbocycles. The number of para-hydroxylation sites is 1. The summed E-state index contributed by atoms with van der Waals surface area (Å²) < 4.78 is 0. The number of amides is 1. The average molecular weight is 340 g/mol. The van der Waals surface area contributed by atoms with E-state index in [0.717, 1.165) is 0 Å². The molecule has 0 spiro atoms. The Morgan fingerprint density at radius 2 is 1.96 bits per heavy atom. The van der Waals surface area contributed by atoms with Crippen molar-refractivity contribution in [2.24, 2.45) is 4.99 Å². The maximum atomic E-state index is 12.5. The van der Waals surface area contributed by atoms with Crippen molar-refractivity contribution in [1.82, 2.24) is 4.90 Å². The van der Waals surface area contributed by atoms with Gasteiger partial charge in [-0.15, -0.1) is 0 Å². The van der Waals surface area contributed by atoms with Crippen LogP contribution in [-0.2, 0) is 4.79 Å². The molecule has 0 radical (unpaired) electrons. The van der Waals surface area contributed by atoms with Gasteiger partial charge in [-0.05, 0) is 43.0 Å². The Kier molecular flexibility index (Phi) is 4.57. The number of phenols is 2. The number of benzene rings is 2. The van der Waals surface area contributed by atoms with Gasteiger partial charge in [0.2, 0.25) is 0 Å². The van der Waals surface area contributed by atoms with Gasteiger partial charge in [0.15, 0.2) is 5.17 Å². The van der Waals surface area contributed by atoms with Gasteiger partial charge in [0.1, 0.15) is 11.5 Å². The van der Waals surface area contributed by atoms with Crippen molar-refractivity contribution < 1.29 is 15.0 Å². The number of aliphatic imine (C=N–C) groups is 1. The summed E-state index contributed by atoms with van der Waals surface area (Å²) in [5, 5.41) is 20.0. The SMILES string of the molecule is CCN1C(=O)/C(=C/c2ccccc2O)SC1=Nc1cccc(O)c1. The molecule has 0 bridgehead atoms. The second kappa shape index (κ2) is 6.80. The molecule has 1 saturated heterocycles. The zero-order valence-corrected chi connectivity index (χ0v) is 13.8. The topological polar surface area (TPSA) is 73.1 Å². The number of carbonyl (C=O) groups is 1. The first-order chi connectivity index (χ1) is 11.6. The first-order valence-corrected chi connectivity index (χ1v) is 8.27. The van der Waals surface area contributed by atoms with Gasteiger partial charge in [-0.1, -0.05) is 24.3 Å². The third-order valence-corrected chi connectivity index (χ3v) is 4.49. The normalized spacial score (nSPS) is 17.9. The molecule has 2 N–H and O–H groups in total. The van der Waals surface area contributed by atoms with Crippen molar-refractivity contribution in [3.63, 3.8) is 0 Å². The minimum Gasteiger partial charge on any atom is -0.508 e. The molecule has 1 aliphatic rings. The van der Waals surface area contributed by atoms with E-state index in [2.05, 4.69) is 4.99 Å². The smallest absolute Gasteiger partial charge is 0.266 e.